The number of hydrogen-bond donors (Lipinski definition) is 1. The van der Waals surface area contributed by atoms with E-state index in [1.54, 1.807) is 0 Å². The molecule has 0 aliphatic carbocycles. The van der Waals surface area contributed by atoms with Crippen molar-refractivity contribution < 1.29 is 4.79 Å². The number of carbonyl (C=O) groups excluding carboxylic acids is 1. The average molecular weight is 340 g/mol. The fraction of sp³-hybridized carbons (Fsp3) is 0.667. The van der Waals surface area contributed by atoms with E-state index < -0.39 is 0 Å². The quantitative estimate of drug-likeness (QED) is 0.899. The van der Waals surface area contributed by atoms with Gasteiger partial charge < -0.3 is 14.8 Å². The normalized spacial score (nSPS) is 26.1. The molecular weight excluding hydrogens is 318 g/mol. The van der Waals surface area contributed by atoms with Crippen molar-refractivity contribution in [1.82, 2.24) is 14.8 Å². The highest BCUT2D eigenvalue weighted by atomic mass is 79.9. The number of hydrogen-bond acceptors (Lipinski definition) is 2. The number of rotatable bonds is 2. The number of amides is 1. The molecule has 2 fully saturated rings. The molecule has 110 valence electrons. The lowest BCUT2D eigenvalue weighted by Crippen LogP contribution is -2.48. The molecular formula is C15H22BrN3O. The zero-order valence-electron chi connectivity index (χ0n) is 12.1. The third kappa shape index (κ3) is 2.42. The zero-order chi connectivity index (χ0) is 14.3. The van der Waals surface area contributed by atoms with E-state index in [0.717, 1.165) is 36.2 Å². The van der Waals surface area contributed by atoms with Crippen LogP contribution in [0.2, 0.25) is 0 Å². The van der Waals surface area contributed by atoms with Crippen molar-refractivity contribution in [3.8, 4) is 0 Å². The molecule has 1 N–H and O–H groups in total. The van der Waals surface area contributed by atoms with Gasteiger partial charge in [-0.15, -0.1) is 0 Å². The predicted molar refractivity (Wildman–Crippen MR) is 82.9 cm³/mol. The molecule has 0 aromatic carbocycles. The van der Waals surface area contributed by atoms with Crippen LogP contribution in [0.1, 0.15) is 43.2 Å². The van der Waals surface area contributed by atoms with Gasteiger partial charge in [0.05, 0.1) is 0 Å². The fourth-order valence-corrected chi connectivity index (χ4v) is 3.95. The first-order valence-electron chi connectivity index (χ1n) is 7.47. The summed E-state index contributed by atoms with van der Waals surface area (Å²) in [5.74, 6) is 0.821. The van der Waals surface area contributed by atoms with Crippen molar-refractivity contribution in [2.24, 2.45) is 5.92 Å². The minimum atomic E-state index is 0.183. The van der Waals surface area contributed by atoms with Crippen LogP contribution in [0.25, 0.3) is 0 Å². The van der Waals surface area contributed by atoms with Gasteiger partial charge in [-0.25, -0.2) is 0 Å². The van der Waals surface area contributed by atoms with Crippen LogP contribution in [0.3, 0.4) is 0 Å². The van der Waals surface area contributed by atoms with Crippen LogP contribution in [0, 0.1) is 5.92 Å². The Kier molecular flexibility index (Phi) is 3.91. The summed E-state index contributed by atoms with van der Waals surface area (Å²) in [4.78, 5) is 15.0. The molecule has 1 aromatic rings. The number of piperidine rings is 1. The fourth-order valence-electron chi connectivity index (χ4n) is 3.51. The van der Waals surface area contributed by atoms with E-state index in [9.17, 15) is 4.79 Å². The topological polar surface area (TPSA) is 37.3 Å². The van der Waals surface area contributed by atoms with Crippen LogP contribution in [0.4, 0.5) is 0 Å². The Morgan fingerprint density at radius 3 is 3.00 bits per heavy atom. The van der Waals surface area contributed by atoms with E-state index in [0.29, 0.717) is 18.0 Å². The number of likely N-dealkylation sites (tertiary alicyclic amines) is 1. The van der Waals surface area contributed by atoms with Crippen LogP contribution in [-0.4, -0.2) is 41.1 Å². The molecule has 0 radical (unpaired) electrons. The van der Waals surface area contributed by atoms with Gasteiger partial charge in [0.25, 0.3) is 5.91 Å². The maximum atomic E-state index is 12.9. The SMILES string of the molecule is CC(C)n1cc(Br)cc1C(=O)N1CCCC2CNCC21. The molecule has 2 aliphatic heterocycles. The van der Waals surface area contributed by atoms with Crippen molar-refractivity contribution in [1.29, 1.82) is 0 Å². The molecule has 3 rings (SSSR count). The maximum absolute atomic E-state index is 12.9. The molecule has 5 heteroatoms. The van der Waals surface area contributed by atoms with Crippen LogP contribution < -0.4 is 5.32 Å². The van der Waals surface area contributed by atoms with Gasteiger partial charge in [0.2, 0.25) is 0 Å². The van der Waals surface area contributed by atoms with Crippen molar-refractivity contribution in [3.63, 3.8) is 0 Å². The summed E-state index contributed by atoms with van der Waals surface area (Å²) >= 11 is 3.50. The van der Waals surface area contributed by atoms with Crippen molar-refractivity contribution >= 4 is 21.8 Å². The van der Waals surface area contributed by atoms with Crippen LogP contribution in [0.5, 0.6) is 0 Å². The number of halogens is 1. The van der Waals surface area contributed by atoms with E-state index in [1.165, 1.54) is 6.42 Å². The van der Waals surface area contributed by atoms with Gasteiger partial charge in [0.1, 0.15) is 5.69 Å². The standard InChI is InChI=1S/C15H22BrN3O/c1-10(2)19-9-12(16)6-13(19)15(20)18-5-3-4-11-7-17-8-14(11)18/h6,9-11,14,17H,3-5,7-8H2,1-2H3. The molecule has 0 saturated carbocycles. The molecule has 2 atom stereocenters. The summed E-state index contributed by atoms with van der Waals surface area (Å²) in [5, 5.41) is 3.43. The Morgan fingerprint density at radius 2 is 2.25 bits per heavy atom. The predicted octanol–water partition coefficient (Wildman–Crippen LogP) is 2.66. The second-order valence-corrected chi connectivity index (χ2v) is 7.09. The second-order valence-electron chi connectivity index (χ2n) is 6.17. The zero-order valence-corrected chi connectivity index (χ0v) is 13.7. The summed E-state index contributed by atoms with van der Waals surface area (Å²) in [7, 11) is 0. The average Bonchev–Trinajstić information content (AvgIpc) is 3.03. The van der Waals surface area contributed by atoms with Crippen LogP contribution in [-0.2, 0) is 0 Å². The molecule has 1 aromatic heterocycles. The monoisotopic (exact) mass is 339 g/mol. The molecule has 3 heterocycles. The molecule has 20 heavy (non-hydrogen) atoms. The summed E-state index contributed by atoms with van der Waals surface area (Å²) in [6.07, 6.45) is 4.38. The first-order chi connectivity index (χ1) is 9.58. The maximum Gasteiger partial charge on any atom is 0.270 e. The lowest BCUT2D eigenvalue weighted by molar-refractivity contribution is 0.0562. The van der Waals surface area contributed by atoms with Gasteiger partial charge in [-0.3, -0.25) is 4.79 Å². The van der Waals surface area contributed by atoms with Gasteiger partial charge in [0.15, 0.2) is 0 Å². The van der Waals surface area contributed by atoms with Crippen LogP contribution in [0.15, 0.2) is 16.7 Å². The highest BCUT2D eigenvalue weighted by Gasteiger charge is 2.38. The minimum Gasteiger partial charge on any atom is -0.340 e. The summed E-state index contributed by atoms with van der Waals surface area (Å²) in [5.41, 5.74) is 0.805. The smallest absolute Gasteiger partial charge is 0.270 e. The Morgan fingerprint density at radius 1 is 1.45 bits per heavy atom. The van der Waals surface area contributed by atoms with Gasteiger partial charge in [-0.05, 0) is 54.6 Å². The highest BCUT2D eigenvalue weighted by Crippen LogP contribution is 2.29. The first kappa shape index (κ1) is 14.1. The molecule has 0 bridgehead atoms. The number of aromatic nitrogens is 1. The van der Waals surface area contributed by atoms with Crippen LogP contribution >= 0.6 is 15.9 Å². The summed E-state index contributed by atoms with van der Waals surface area (Å²) in [6, 6.07) is 2.63. The largest absolute Gasteiger partial charge is 0.340 e. The minimum absolute atomic E-state index is 0.183. The number of nitrogens with zero attached hydrogens (tertiary/aromatic N) is 2. The van der Waals surface area contributed by atoms with Crippen molar-refractivity contribution in [3.05, 3.63) is 22.4 Å². The van der Waals surface area contributed by atoms with E-state index in [1.807, 2.05) is 12.3 Å². The lowest BCUT2D eigenvalue weighted by Gasteiger charge is -2.37. The third-order valence-corrected chi connectivity index (χ3v) is 4.96. The molecule has 2 saturated heterocycles. The summed E-state index contributed by atoms with van der Waals surface area (Å²) < 4.78 is 3.05. The summed E-state index contributed by atoms with van der Waals surface area (Å²) in [6.45, 7) is 7.12. The van der Waals surface area contributed by atoms with E-state index in [-0.39, 0.29) is 5.91 Å². The first-order valence-corrected chi connectivity index (χ1v) is 8.26. The lowest BCUT2D eigenvalue weighted by atomic mass is 9.92. The highest BCUT2D eigenvalue weighted by molar-refractivity contribution is 9.10. The number of carbonyl (C=O) groups is 1. The Bertz CT molecular complexity index is 511. The third-order valence-electron chi connectivity index (χ3n) is 4.53. The Balaban J connectivity index is 1.88. The molecule has 2 unspecified atom stereocenters. The number of nitrogens with one attached hydrogen (secondary N) is 1. The molecule has 1 amide bonds. The number of fused-ring (bicyclic) bond motifs is 1. The molecule has 0 spiro atoms. The Labute approximate surface area is 128 Å². The van der Waals surface area contributed by atoms with Gasteiger partial charge in [0, 0.05) is 42.4 Å². The van der Waals surface area contributed by atoms with E-state index in [2.05, 4.69) is 44.6 Å². The molecule has 2 aliphatic rings. The van der Waals surface area contributed by atoms with Gasteiger partial charge in [-0.2, -0.15) is 0 Å². The van der Waals surface area contributed by atoms with Gasteiger partial charge >= 0.3 is 0 Å². The van der Waals surface area contributed by atoms with Gasteiger partial charge in [-0.1, -0.05) is 0 Å². The van der Waals surface area contributed by atoms with Crippen molar-refractivity contribution in [2.75, 3.05) is 19.6 Å². The second kappa shape index (κ2) is 5.53. The van der Waals surface area contributed by atoms with Crippen molar-refractivity contribution in [2.45, 2.75) is 38.8 Å². The van der Waals surface area contributed by atoms with E-state index in [4.69, 9.17) is 0 Å². The Hall–Kier alpha value is -0.810. The molecule has 4 nitrogen and oxygen atoms in total. The van der Waals surface area contributed by atoms with E-state index >= 15 is 0 Å².